The summed E-state index contributed by atoms with van der Waals surface area (Å²) in [5.41, 5.74) is 2.96. The van der Waals surface area contributed by atoms with E-state index in [0.717, 1.165) is 42.5 Å². The maximum atomic E-state index is 13.7. The molecule has 1 aromatic carbocycles. The van der Waals surface area contributed by atoms with Crippen LogP contribution in [0, 0.1) is 6.92 Å². The van der Waals surface area contributed by atoms with E-state index in [2.05, 4.69) is 25.2 Å². The number of pyridine rings is 1. The van der Waals surface area contributed by atoms with Crippen LogP contribution in [0.15, 0.2) is 47.7 Å². The molecule has 14 heteroatoms. The second-order valence-electron chi connectivity index (χ2n) is 10.5. The molecule has 0 bridgehead atoms. The molecule has 220 valence electrons. The first-order chi connectivity index (χ1) is 19.9. The Morgan fingerprint density at radius 2 is 1.98 bits per heavy atom. The fourth-order valence-electron chi connectivity index (χ4n) is 5.33. The van der Waals surface area contributed by atoms with Crippen LogP contribution in [0.1, 0.15) is 59.0 Å². The first kappa shape index (κ1) is 29.4. The molecule has 3 aromatic heterocycles. The van der Waals surface area contributed by atoms with Crippen LogP contribution in [-0.4, -0.2) is 58.2 Å². The molecule has 4 heterocycles. The fourth-order valence-corrected chi connectivity index (χ4v) is 5.91. The molecule has 0 radical (unpaired) electrons. The van der Waals surface area contributed by atoms with Crippen LogP contribution in [0.3, 0.4) is 0 Å². The number of fused-ring (bicyclic) bond motifs is 1. The van der Waals surface area contributed by atoms with Gasteiger partial charge in [-0.1, -0.05) is 17.7 Å². The highest BCUT2D eigenvalue weighted by Crippen LogP contribution is 2.31. The minimum Gasteiger partial charge on any atom is -0.377 e. The van der Waals surface area contributed by atoms with E-state index < -0.39 is 22.0 Å². The van der Waals surface area contributed by atoms with Gasteiger partial charge in [-0.3, -0.25) is 24.1 Å². The molecular weight excluding hydrogens is 580 g/mol. The summed E-state index contributed by atoms with van der Waals surface area (Å²) in [4.78, 5) is 46.3. The van der Waals surface area contributed by atoms with Crippen molar-refractivity contribution < 1.29 is 13.2 Å². The molecule has 1 aliphatic heterocycles. The molecule has 0 spiro atoms. The van der Waals surface area contributed by atoms with Crippen LogP contribution in [0.2, 0.25) is 5.15 Å². The molecule has 0 saturated carbocycles. The molecule has 1 saturated heterocycles. The van der Waals surface area contributed by atoms with Gasteiger partial charge in [-0.2, -0.15) is 0 Å². The third-order valence-corrected chi connectivity index (χ3v) is 8.00. The number of anilines is 2. The molecule has 12 nitrogen and oxygen atoms in total. The van der Waals surface area contributed by atoms with Crippen molar-refractivity contribution >= 4 is 50.1 Å². The summed E-state index contributed by atoms with van der Waals surface area (Å²) in [5.74, 6) is -0.201. The van der Waals surface area contributed by atoms with Gasteiger partial charge in [-0.25, -0.2) is 23.1 Å². The molecule has 0 unspecified atom stereocenters. The highest BCUT2D eigenvalue weighted by molar-refractivity contribution is 7.89. The molecule has 42 heavy (non-hydrogen) atoms. The Bertz CT molecular complexity index is 1830. The summed E-state index contributed by atoms with van der Waals surface area (Å²) in [6, 6.07) is 6.35. The number of carbonyl (C=O) groups is 1. The number of nitrogens with one attached hydrogen (secondary N) is 2. The second kappa shape index (κ2) is 11.6. The summed E-state index contributed by atoms with van der Waals surface area (Å²) in [7, 11) is -2.10. The first-order valence-electron chi connectivity index (χ1n) is 13.4. The van der Waals surface area contributed by atoms with Crippen LogP contribution in [0.4, 0.5) is 11.6 Å². The Hall–Kier alpha value is -4.10. The van der Waals surface area contributed by atoms with Gasteiger partial charge in [0.25, 0.3) is 11.5 Å². The molecule has 1 aliphatic rings. The number of aromatic nitrogens is 5. The zero-order valence-electron chi connectivity index (χ0n) is 23.6. The minimum atomic E-state index is -3.83. The Morgan fingerprint density at radius 1 is 1.19 bits per heavy atom. The zero-order valence-corrected chi connectivity index (χ0v) is 25.2. The van der Waals surface area contributed by atoms with Gasteiger partial charge in [0.05, 0.1) is 34.6 Å². The predicted molar refractivity (Wildman–Crippen MR) is 162 cm³/mol. The Labute approximate surface area is 248 Å². The monoisotopic (exact) mass is 610 g/mol. The Kier molecular flexibility index (Phi) is 8.15. The number of amides is 1. The molecule has 1 fully saturated rings. The third-order valence-electron chi connectivity index (χ3n) is 7.23. The topological polar surface area (TPSA) is 152 Å². The summed E-state index contributed by atoms with van der Waals surface area (Å²) >= 11 is 6.03. The van der Waals surface area contributed by atoms with Gasteiger partial charge in [-0.15, -0.1) is 0 Å². The van der Waals surface area contributed by atoms with Crippen molar-refractivity contribution in [1.29, 1.82) is 0 Å². The predicted octanol–water partition coefficient (Wildman–Crippen LogP) is 3.33. The van der Waals surface area contributed by atoms with E-state index >= 15 is 0 Å². The number of rotatable bonds is 7. The standard InChI is InChI=1S/C28H31ClN8O4S/c1-16-12-19(17(2)32-21-7-8-23(29)33-25(21)26(38)35-42(4,40)41)24-20(13-16)27(39)36(3)28(34-24)37-11-5-6-18(15-37)22-14-30-9-10-31-22/h7-10,12-14,17-18,32H,5-6,11,15H2,1-4H3,(H,35,38)/t17-,18+/m1/s1. The number of nitrogens with zero attached hydrogens (tertiary/aromatic N) is 6. The van der Waals surface area contributed by atoms with Crippen LogP contribution in [0.5, 0.6) is 0 Å². The minimum absolute atomic E-state index is 0.0315. The molecule has 1 amide bonds. The maximum Gasteiger partial charge on any atom is 0.285 e. The number of carbonyl (C=O) groups excluding carboxylic acids is 1. The van der Waals surface area contributed by atoms with E-state index in [4.69, 9.17) is 16.6 Å². The van der Waals surface area contributed by atoms with E-state index in [1.807, 2.05) is 30.7 Å². The Balaban J connectivity index is 1.54. The quantitative estimate of drug-likeness (QED) is 0.298. The van der Waals surface area contributed by atoms with Crippen molar-refractivity contribution in [3.8, 4) is 0 Å². The second-order valence-corrected chi connectivity index (χ2v) is 12.7. The van der Waals surface area contributed by atoms with E-state index in [1.54, 1.807) is 36.3 Å². The van der Waals surface area contributed by atoms with Crippen molar-refractivity contribution in [3.63, 3.8) is 0 Å². The van der Waals surface area contributed by atoms with E-state index in [-0.39, 0.29) is 28.0 Å². The van der Waals surface area contributed by atoms with Crippen molar-refractivity contribution in [3.05, 3.63) is 80.9 Å². The molecule has 2 atom stereocenters. The van der Waals surface area contributed by atoms with Crippen molar-refractivity contribution in [1.82, 2.24) is 29.2 Å². The van der Waals surface area contributed by atoms with Crippen LogP contribution in [-0.2, 0) is 17.1 Å². The van der Waals surface area contributed by atoms with Crippen molar-refractivity contribution in [2.24, 2.45) is 7.05 Å². The molecule has 5 rings (SSSR count). The summed E-state index contributed by atoms with van der Waals surface area (Å²) in [5, 5.41) is 3.75. The highest BCUT2D eigenvalue weighted by Gasteiger charge is 2.27. The van der Waals surface area contributed by atoms with Gasteiger partial charge in [0, 0.05) is 50.2 Å². The number of hydrogen-bond donors (Lipinski definition) is 2. The van der Waals surface area contributed by atoms with Gasteiger partial charge < -0.3 is 10.2 Å². The van der Waals surface area contributed by atoms with E-state index in [9.17, 15) is 18.0 Å². The van der Waals surface area contributed by atoms with Gasteiger partial charge in [0.1, 0.15) is 5.15 Å². The van der Waals surface area contributed by atoms with E-state index in [1.165, 1.54) is 6.07 Å². The van der Waals surface area contributed by atoms with Crippen LogP contribution < -0.4 is 20.5 Å². The average Bonchev–Trinajstić information content (AvgIpc) is 2.95. The van der Waals surface area contributed by atoms with E-state index in [0.29, 0.717) is 23.4 Å². The van der Waals surface area contributed by atoms with Gasteiger partial charge in [0.15, 0.2) is 5.69 Å². The normalized spacial score (nSPS) is 16.3. The lowest BCUT2D eigenvalue weighted by Crippen LogP contribution is -2.39. The Morgan fingerprint density at radius 3 is 2.69 bits per heavy atom. The smallest absolute Gasteiger partial charge is 0.285 e. The number of sulfonamides is 1. The van der Waals surface area contributed by atoms with Gasteiger partial charge in [0.2, 0.25) is 16.0 Å². The summed E-state index contributed by atoms with van der Waals surface area (Å²) < 4.78 is 26.9. The molecular formula is C28H31ClN8O4S. The number of benzene rings is 1. The fraction of sp³-hybridized carbons (Fsp3) is 0.357. The maximum absolute atomic E-state index is 13.7. The zero-order chi connectivity index (χ0) is 30.2. The largest absolute Gasteiger partial charge is 0.377 e. The lowest BCUT2D eigenvalue weighted by Gasteiger charge is -2.34. The number of piperidine rings is 1. The third kappa shape index (κ3) is 6.21. The van der Waals surface area contributed by atoms with Gasteiger partial charge >= 0.3 is 0 Å². The van der Waals surface area contributed by atoms with Crippen molar-refractivity contribution in [2.45, 2.75) is 38.6 Å². The number of halogens is 1. The summed E-state index contributed by atoms with van der Waals surface area (Å²) in [6.45, 7) is 5.15. The number of hydrogen-bond acceptors (Lipinski definition) is 10. The average molecular weight is 611 g/mol. The van der Waals surface area contributed by atoms with Crippen molar-refractivity contribution in [2.75, 3.05) is 29.6 Å². The van der Waals surface area contributed by atoms with Crippen LogP contribution in [0.25, 0.3) is 10.9 Å². The van der Waals surface area contributed by atoms with Crippen LogP contribution >= 0.6 is 11.6 Å². The number of aryl methyl sites for hydroxylation is 1. The lowest BCUT2D eigenvalue weighted by atomic mass is 9.95. The first-order valence-corrected chi connectivity index (χ1v) is 15.7. The molecule has 4 aromatic rings. The lowest BCUT2D eigenvalue weighted by molar-refractivity contribution is 0.0977. The summed E-state index contributed by atoms with van der Waals surface area (Å²) in [6.07, 6.45) is 7.88. The molecule has 0 aliphatic carbocycles. The molecule has 2 N–H and O–H groups in total. The highest BCUT2D eigenvalue weighted by atomic mass is 35.5. The van der Waals surface area contributed by atoms with Gasteiger partial charge in [-0.05, 0) is 50.5 Å². The SMILES string of the molecule is Cc1cc([C@@H](C)Nc2ccc(Cl)nc2C(=O)NS(C)(=O)=O)c2nc(N3CCC[C@H](c4cnccn4)C3)n(C)c(=O)c2c1.